The normalized spacial score (nSPS) is 27.5. The monoisotopic (exact) mass is 109 g/mol. The van der Waals surface area contributed by atoms with Crippen molar-refractivity contribution in [3.05, 3.63) is 24.9 Å². The minimum atomic E-state index is 0.488. The van der Waals surface area contributed by atoms with Crippen LogP contribution in [0.25, 0.3) is 0 Å². The van der Waals surface area contributed by atoms with Gasteiger partial charge in [0, 0.05) is 11.7 Å². The third-order valence-corrected chi connectivity index (χ3v) is 1.43. The second-order valence-corrected chi connectivity index (χ2v) is 2.13. The molecule has 0 aromatic heterocycles. The van der Waals surface area contributed by atoms with E-state index in [2.05, 4.69) is 18.5 Å². The van der Waals surface area contributed by atoms with Gasteiger partial charge in [-0.15, -0.1) is 6.58 Å². The summed E-state index contributed by atoms with van der Waals surface area (Å²) >= 11 is 0. The minimum Gasteiger partial charge on any atom is -0.383 e. The van der Waals surface area contributed by atoms with E-state index in [1.54, 1.807) is 0 Å². The van der Waals surface area contributed by atoms with Gasteiger partial charge in [0.05, 0.1) is 0 Å². The lowest BCUT2D eigenvalue weighted by molar-refractivity contribution is 0.750. The van der Waals surface area contributed by atoms with Gasteiger partial charge in [-0.05, 0) is 12.8 Å². The van der Waals surface area contributed by atoms with Crippen molar-refractivity contribution in [3.63, 3.8) is 0 Å². The largest absolute Gasteiger partial charge is 0.383 e. The van der Waals surface area contributed by atoms with E-state index in [9.17, 15) is 0 Å². The number of hydrogen-bond donors (Lipinski definition) is 1. The molecule has 0 radical (unpaired) electrons. The van der Waals surface area contributed by atoms with Crippen molar-refractivity contribution >= 4 is 0 Å². The van der Waals surface area contributed by atoms with Crippen LogP contribution in [0.15, 0.2) is 24.9 Å². The Bertz CT molecular complexity index is 116. The van der Waals surface area contributed by atoms with Gasteiger partial charge in [0.1, 0.15) is 0 Å². The lowest BCUT2D eigenvalue weighted by Gasteiger charge is -2.01. The molecule has 0 aliphatic carbocycles. The minimum absolute atomic E-state index is 0.488. The van der Waals surface area contributed by atoms with Crippen molar-refractivity contribution in [3.8, 4) is 0 Å². The van der Waals surface area contributed by atoms with E-state index in [-0.39, 0.29) is 0 Å². The molecule has 44 valence electrons. The number of hydrogen-bond acceptors (Lipinski definition) is 1. The van der Waals surface area contributed by atoms with E-state index >= 15 is 0 Å². The van der Waals surface area contributed by atoms with E-state index in [1.807, 2.05) is 6.08 Å². The molecule has 0 saturated carbocycles. The quantitative estimate of drug-likeness (QED) is 0.502. The van der Waals surface area contributed by atoms with Crippen LogP contribution in [0.2, 0.25) is 0 Å². The maximum absolute atomic E-state index is 3.79. The highest BCUT2D eigenvalue weighted by atomic mass is 14.9. The number of allylic oxidation sites excluding steroid dienone is 1. The highest BCUT2D eigenvalue weighted by molar-refractivity contribution is 5.06. The first-order valence-corrected chi connectivity index (χ1v) is 2.90. The molecule has 0 aromatic carbocycles. The highest BCUT2D eigenvalue weighted by Crippen LogP contribution is 2.13. The van der Waals surface area contributed by atoms with Crippen LogP contribution in [0, 0.1) is 0 Å². The topological polar surface area (TPSA) is 12.0 Å². The predicted octanol–water partition coefficient (Wildman–Crippen LogP) is 1.44. The maximum atomic E-state index is 3.79. The van der Waals surface area contributed by atoms with Crippen molar-refractivity contribution in [2.75, 3.05) is 0 Å². The molecular formula is C7H11N. The lowest BCUT2D eigenvalue weighted by Crippen LogP contribution is -2.15. The SMILES string of the molecule is C=CC1CCC(=C)N1. The second kappa shape index (κ2) is 2.03. The standard InChI is InChI=1S/C7H11N/c1-3-7-5-4-6(2)8-7/h3,7-8H,1-2,4-5H2. The molecule has 1 aliphatic rings. The van der Waals surface area contributed by atoms with E-state index in [4.69, 9.17) is 0 Å². The molecule has 1 heterocycles. The Kier molecular flexibility index (Phi) is 1.38. The molecule has 1 N–H and O–H groups in total. The molecule has 1 atom stereocenters. The van der Waals surface area contributed by atoms with Crippen LogP contribution in [-0.4, -0.2) is 6.04 Å². The Labute approximate surface area is 50.1 Å². The van der Waals surface area contributed by atoms with Crippen LogP contribution in [0.5, 0.6) is 0 Å². The maximum Gasteiger partial charge on any atom is 0.0442 e. The van der Waals surface area contributed by atoms with Gasteiger partial charge in [-0.3, -0.25) is 0 Å². The van der Waals surface area contributed by atoms with E-state index in [1.165, 1.54) is 6.42 Å². The molecule has 0 aromatic rings. The van der Waals surface area contributed by atoms with Gasteiger partial charge in [0.2, 0.25) is 0 Å². The summed E-state index contributed by atoms with van der Waals surface area (Å²) < 4.78 is 0. The molecule has 1 aliphatic heterocycles. The zero-order valence-corrected chi connectivity index (χ0v) is 4.98. The van der Waals surface area contributed by atoms with Crippen molar-refractivity contribution in [1.82, 2.24) is 5.32 Å². The summed E-state index contributed by atoms with van der Waals surface area (Å²) in [6.45, 7) is 7.47. The van der Waals surface area contributed by atoms with Crippen molar-refractivity contribution in [2.24, 2.45) is 0 Å². The first kappa shape index (κ1) is 5.42. The van der Waals surface area contributed by atoms with Crippen LogP contribution in [0.3, 0.4) is 0 Å². The van der Waals surface area contributed by atoms with Gasteiger partial charge < -0.3 is 5.32 Å². The fourth-order valence-electron chi connectivity index (χ4n) is 0.913. The van der Waals surface area contributed by atoms with Gasteiger partial charge >= 0.3 is 0 Å². The number of nitrogens with one attached hydrogen (secondary N) is 1. The van der Waals surface area contributed by atoms with Crippen molar-refractivity contribution in [1.29, 1.82) is 0 Å². The molecule has 1 rings (SSSR count). The first-order valence-electron chi connectivity index (χ1n) is 2.90. The molecule has 0 amide bonds. The van der Waals surface area contributed by atoms with Gasteiger partial charge in [0.25, 0.3) is 0 Å². The van der Waals surface area contributed by atoms with Crippen molar-refractivity contribution < 1.29 is 0 Å². The number of rotatable bonds is 1. The fraction of sp³-hybridized carbons (Fsp3) is 0.429. The van der Waals surface area contributed by atoms with Crippen molar-refractivity contribution in [2.45, 2.75) is 18.9 Å². The Morgan fingerprint density at radius 2 is 2.50 bits per heavy atom. The molecule has 1 nitrogen and oxygen atoms in total. The Morgan fingerprint density at radius 3 is 2.75 bits per heavy atom. The van der Waals surface area contributed by atoms with Crippen LogP contribution in [0.1, 0.15) is 12.8 Å². The van der Waals surface area contributed by atoms with Crippen LogP contribution < -0.4 is 5.32 Å². The fourth-order valence-corrected chi connectivity index (χ4v) is 0.913. The van der Waals surface area contributed by atoms with Gasteiger partial charge in [-0.2, -0.15) is 0 Å². The van der Waals surface area contributed by atoms with E-state index in [0.717, 1.165) is 12.1 Å². The zero-order valence-electron chi connectivity index (χ0n) is 4.98. The van der Waals surface area contributed by atoms with Crippen LogP contribution in [-0.2, 0) is 0 Å². The average molecular weight is 109 g/mol. The third kappa shape index (κ3) is 0.915. The highest BCUT2D eigenvalue weighted by Gasteiger charge is 2.11. The molecule has 8 heavy (non-hydrogen) atoms. The van der Waals surface area contributed by atoms with E-state index < -0.39 is 0 Å². The Hall–Kier alpha value is -0.720. The Morgan fingerprint density at radius 1 is 1.75 bits per heavy atom. The van der Waals surface area contributed by atoms with Gasteiger partial charge in [-0.25, -0.2) is 0 Å². The summed E-state index contributed by atoms with van der Waals surface area (Å²) in [5, 5.41) is 3.19. The molecule has 1 fully saturated rings. The van der Waals surface area contributed by atoms with Gasteiger partial charge in [0.15, 0.2) is 0 Å². The van der Waals surface area contributed by atoms with Gasteiger partial charge in [-0.1, -0.05) is 12.7 Å². The smallest absolute Gasteiger partial charge is 0.0442 e. The summed E-state index contributed by atoms with van der Waals surface area (Å²) in [5.41, 5.74) is 1.15. The second-order valence-electron chi connectivity index (χ2n) is 2.13. The molecule has 0 spiro atoms. The summed E-state index contributed by atoms with van der Waals surface area (Å²) in [6.07, 6.45) is 4.21. The molecule has 1 heteroatoms. The molecular weight excluding hydrogens is 98.1 g/mol. The summed E-state index contributed by atoms with van der Waals surface area (Å²) in [7, 11) is 0. The van der Waals surface area contributed by atoms with Crippen LogP contribution >= 0.6 is 0 Å². The predicted molar refractivity (Wildman–Crippen MR) is 35.5 cm³/mol. The lowest BCUT2D eigenvalue weighted by atomic mass is 10.2. The summed E-state index contributed by atoms with van der Waals surface area (Å²) in [5.74, 6) is 0. The third-order valence-electron chi connectivity index (χ3n) is 1.43. The van der Waals surface area contributed by atoms with E-state index in [0.29, 0.717) is 6.04 Å². The average Bonchev–Trinajstić information content (AvgIpc) is 2.14. The molecule has 0 bridgehead atoms. The molecule has 1 saturated heterocycles. The Balaban J connectivity index is 2.43. The zero-order chi connectivity index (χ0) is 5.98. The van der Waals surface area contributed by atoms with Crippen LogP contribution in [0.4, 0.5) is 0 Å². The summed E-state index contributed by atoms with van der Waals surface area (Å²) in [4.78, 5) is 0. The molecule has 1 unspecified atom stereocenters. The summed E-state index contributed by atoms with van der Waals surface area (Å²) in [6, 6.07) is 0.488. The first-order chi connectivity index (χ1) is 3.83.